The van der Waals surface area contributed by atoms with Gasteiger partial charge in [0.05, 0.1) is 13.7 Å². The minimum atomic E-state index is 0.101. The molecule has 1 atom stereocenters. The second kappa shape index (κ2) is 9.23. The molecule has 0 aliphatic heterocycles. The summed E-state index contributed by atoms with van der Waals surface area (Å²) < 4.78 is 10.6. The van der Waals surface area contributed by atoms with Crippen molar-refractivity contribution in [2.75, 3.05) is 13.7 Å². The van der Waals surface area contributed by atoms with Gasteiger partial charge in [0, 0.05) is 12.5 Å². The van der Waals surface area contributed by atoms with Crippen LogP contribution in [0.25, 0.3) is 0 Å². The van der Waals surface area contributed by atoms with Gasteiger partial charge >= 0.3 is 0 Å². The van der Waals surface area contributed by atoms with Crippen LogP contribution in [0.5, 0.6) is 11.5 Å². The zero-order chi connectivity index (χ0) is 14.8. The predicted molar refractivity (Wildman–Crippen MR) is 80.2 cm³/mol. The third-order valence-corrected chi connectivity index (χ3v) is 3.01. The van der Waals surface area contributed by atoms with Crippen LogP contribution in [-0.4, -0.2) is 25.7 Å². The monoisotopic (exact) mass is 279 g/mol. The van der Waals surface area contributed by atoms with E-state index in [4.69, 9.17) is 9.47 Å². The zero-order valence-corrected chi connectivity index (χ0v) is 12.6. The van der Waals surface area contributed by atoms with E-state index in [9.17, 15) is 4.79 Å². The van der Waals surface area contributed by atoms with Crippen molar-refractivity contribution in [1.29, 1.82) is 0 Å². The summed E-state index contributed by atoms with van der Waals surface area (Å²) in [4.78, 5) is 11.6. The van der Waals surface area contributed by atoms with Crippen molar-refractivity contribution >= 4 is 5.91 Å². The Morgan fingerprint density at radius 3 is 2.50 bits per heavy atom. The molecule has 0 saturated carbocycles. The first-order valence-corrected chi connectivity index (χ1v) is 7.22. The molecule has 0 aromatic heterocycles. The van der Waals surface area contributed by atoms with Gasteiger partial charge in [0.25, 0.3) is 0 Å². The number of carbonyl (C=O) groups is 1. The Labute approximate surface area is 121 Å². The van der Waals surface area contributed by atoms with Crippen LogP contribution < -0.4 is 14.8 Å². The van der Waals surface area contributed by atoms with Crippen molar-refractivity contribution in [3.8, 4) is 11.5 Å². The summed E-state index contributed by atoms with van der Waals surface area (Å²) in [5, 5.41) is 2.98. The van der Waals surface area contributed by atoms with Crippen LogP contribution in [0.2, 0.25) is 0 Å². The number of hydrogen-bond donors (Lipinski definition) is 1. The number of methoxy groups -OCH3 is 1. The first-order valence-electron chi connectivity index (χ1n) is 7.22. The number of amides is 1. The Balaban J connectivity index is 2.16. The lowest BCUT2D eigenvalue weighted by Crippen LogP contribution is -2.32. The van der Waals surface area contributed by atoms with Crippen LogP contribution in [0.15, 0.2) is 24.3 Å². The van der Waals surface area contributed by atoms with Crippen molar-refractivity contribution in [3.05, 3.63) is 24.3 Å². The molecule has 0 heterocycles. The smallest absolute Gasteiger partial charge is 0.220 e. The quantitative estimate of drug-likeness (QED) is 0.706. The number of benzene rings is 1. The highest BCUT2D eigenvalue weighted by Crippen LogP contribution is 2.17. The largest absolute Gasteiger partial charge is 0.497 e. The van der Waals surface area contributed by atoms with Crippen molar-refractivity contribution in [1.82, 2.24) is 5.32 Å². The molecule has 4 heteroatoms. The minimum absolute atomic E-state index is 0.101. The number of carbonyl (C=O) groups excluding carboxylic acids is 1. The number of nitrogens with one attached hydrogen (secondary N) is 1. The summed E-state index contributed by atoms with van der Waals surface area (Å²) in [5.74, 6) is 1.71. The highest BCUT2D eigenvalue weighted by atomic mass is 16.5. The summed E-state index contributed by atoms with van der Waals surface area (Å²) in [5.41, 5.74) is 0. The van der Waals surface area contributed by atoms with Gasteiger partial charge in [-0.05, 0) is 44.0 Å². The van der Waals surface area contributed by atoms with E-state index in [0.717, 1.165) is 30.8 Å². The van der Waals surface area contributed by atoms with Crippen LogP contribution in [0.3, 0.4) is 0 Å². The Morgan fingerprint density at radius 1 is 1.25 bits per heavy atom. The third kappa shape index (κ3) is 6.45. The predicted octanol–water partition coefficient (Wildman–Crippen LogP) is 3.16. The molecule has 0 aliphatic rings. The zero-order valence-electron chi connectivity index (χ0n) is 12.6. The second-order valence-electron chi connectivity index (χ2n) is 4.88. The molecule has 20 heavy (non-hydrogen) atoms. The fraction of sp³-hybridized carbons (Fsp3) is 0.562. The van der Waals surface area contributed by atoms with Crippen LogP contribution in [0.4, 0.5) is 0 Å². The molecule has 0 bridgehead atoms. The van der Waals surface area contributed by atoms with E-state index in [-0.39, 0.29) is 11.9 Å². The molecule has 1 N–H and O–H groups in total. The third-order valence-electron chi connectivity index (χ3n) is 3.01. The molecule has 0 fully saturated rings. The number of rotatable bonds is 9. The standard InChI is InChI=1S/C16H25NO3/c1-4-6-13(2)17-16(18)7-5-12-20-15-10-8-14(19-3)9-11-15/h8-11,13H,4-7,12H2,1-3H3,(H,17,18)/t13-/m0/s1. The van der Waals surface area contributed by atoms with Gasteiger partial charge in [0.1, 0.15) is 11.5 Å². The Kier molecular flexibility index (Phi) is 7.55. The molecule has 0 aliphatic carbocycles. The van der Waals surface area contributed by atoms with E-state index in [1.54, 1.807) is 7.11 Å². The van der Waals surface area contributed by atoms with Crippen LogP contribution >= 0.6 is 0 Å². The average molecular weight is 279 g/mol. The highest BCUT2D eigenvalue weighted by molar-refractivity contribution is 5.76. The van der Waals surface area contributed by atoms with Gasteiger partial charge in [-0.3, -0.25) is 4.79 Å². The van der Waals surface area contributed by atoms with Gasteiger partial charge in [-0.15, -0.1) is 0 Å². The Morgan fingerprint density at radius 2 is 1.90 bits per heavy atom. The minimum Gasteiger partial charge on any atom is -0.497 e. The van der Waals surface area contributed by atoms with Crippen molar-refractivity contribution in [2.45, 2.75) is 45.6 Å². The maximum absolute atomic E-state index is 11.6. The van der Waals surface area contributed by atoms with E-state index < -0.39 is 0 Å². The average Bonchev–Trinajstić information content (AvgIpc) is 2.44. The second-order valence-corrected chi connectivity index (χ2v) is 4.88. The van der Waals surface area contributed by atoms with E-state index >= 15 is 0 Å². The molecular formula is C16H25NO3. The fourth-order valence-corrected chi connectivity index (χ4v) is 1.95. The van der Waals surface area contributed by atoms with Gasteiger partial charge in [0.2, 0.25) is 5.91 Å². The molecule has 0 spiro atoms. The molecule has 1 amide bonds. The van der Waals surface area contributed by atoms with Gasteiger partial charge in [0.15, 0.2) is 0 Å². The Hall–Kier alpha value is -1.71. The summed E-state index contributed by atoms with van der Waals surface area (Å²) in [6.45, 7) is 4.70. The normalized spacial score (nSPS) is 11.8. The van der Waals surface area contributed by atoms with E-state index in [1.807, 2.05) is 31.2 Å². The van der Waals surface area contributed by atoms with Crippen LogP contribution in [0, 0.1) is 0 Å². The van der Waals surface area contributed by atoms with E-state index in [0.29, 0.717) is 13.0 Å². The van der Waals surface area contributed by atoms with E-state index in [2.05, 4.69) is 12.2 Å². The van der Waals surface area contributed by atoms with Crippen molar-refractivity contribution < 1.29 is 14.3 Å². The lowest BCUT2D eigenvalue weighted by molar-refractivity contribution is -0.121. The van der Waals surface area contributed by atoms with Crippen LogP contribution in [-0.2, 0) is 4.79 Å². The summed E-state index contributed by atoms with van der Waals surface area (Å²) >= 11 is 0. The molecule has 1 aromatic rings. The maximum Gasteiger partial charge on any atom is 0.220 e. The molecule has 1 aromatic carbocycles. The SMILES string of the molecule is CCC[C@H](C)NC(=O)CCCOc1ccc(OC)cc1. The molecule has 0 unspecified atom stereocenters. The molecule has 0 saturated heterocycles. The summed E-state index contributed by atoms with van der Waals surface area (Å²) in [7, 11) is 1.63. The molecule has 4 nitrogen and oxygen atoms in total. The number of hydrogen-bond acceptors (Lipinski definition) is 3. The highest BCUT2D eigenvalue weighted by Gasteiger charge is 2.06. The van der Waals surface area contributed by atoms with Gasteiger partial charge < -0.3 is 14.8 Å². The topological polar surface area (TPSA) is 47.6 Å². The fourth-order valence-electron chi connectivity index (χ4n) is 1.95. The molecule has 0 radical (unpaired) electrons. The van der Waals surface area contributed by atoms with Gasteiger partial charge in [-0.1, -0.05) is 13.3 Å². The number of ether oxygens (including phenoxy) is 2. The van der Waals surface area contributed by atoms with Crippen LogP contribution in [0.1, 0.15) is 39.5 Å². The van der Waals surface area contributed by atoms with Crippen molar-refractivity contribution in [3.63, 3.8) is 0 Å². The van der Waals surface area contributed by atoms with Gasteiger partial charge in [-0.25, -0.2) is 0 Å². The van der Waals surface area contributed by atoms with Gasteiger partial charge in [-0.2, -0.15) is 0 Å². The summed E-state index contributed by atoms with van der Waals surface area (Å²) in [6.07, 6.45) is 3.33. The first kappa shape index (κ1) is 16.3. The lowest BCUT2D eigenvalue weighted by atomic mass is 10.2. The lowest BCUT2D eigenvalue weighted by Gasteiger charge is -2.12. The first-order chi connectivity index (χ1) is 9.65. The molecule has 1 rings (SSSR count). The summed E-state index contributed by atoms with van der Waals surface area (Å²) in [6, 6.07) is 7.70. The van der Waals surface area contributed by atoms with Crippen molar-refractivity contribution in [2.24, 2.45) is 0 Å². The van der Waals surface area contributed by atoms with E-state index in [1.165, 1.54) is 0 Å². The maximum atomic E-state index is 11.6. The molecule has 112 valence electrons. The Bertz CT molecular complexity index is 389. The molecular weight excluding hydrogens is 254 g/mol.